The predicted molar refractivity (Wildman–Crippen MR) is 104 cm³/mol. The lowest BCUT2D eigenvalue weighted by atomic mass is 10.2. The maximum atomic E-state index is 12.4. The van der Waals surface area contributed by atoms with Crippen LogP contribution in [0.1, 0.15) is 0 Å². The first-order valence-corrected chi connectivity index (χ1v) is 9.72. The maximum absolute atomic E-state index is 12.4. The van der Waals surface area contributed by atoms with Gasteiger partial charge in [0, 0.05) is 17.8 Å². The van der Waals surface area contributed by atoms with Crippen LogP contribution in [0.3, 0.4) is 0 Å². The predicted octanol–water partition coefficient (Wildman–Crippen LogP) is 0.768. The summed E-state index contributed by atoms with van der Waals surface area (Å²) in [5.41, 5.74) is 2.70. The van der Waals surface area contributed by atoms with E-state index < -0.39 is 20.9 Å². The van der Waals surface area contributed by atoms with Gasteiger partial charge in [0.1, 0.15) is 5.75 Å². The van der Waals surface area contributed by atoms with E-state index in [2.05, 4.69) is 10.5 Å². The lowest BCUT2D eigenvalue weighted by Crippen LogP contribution is -2.32. The van der Waals surface area contributed by atoms with Crippen LogP contribution in [0, 0.1) is 0 Å². The molecule has 0 unspecified atom stereocenters. The zero-order valence-corrected chi connectivity index (χ0v) is 15.7. The first kappa shape index (κ1) is 18.6. The normalized spacial score (nSPS) is 12.3. The summed E-state index contributed by atoms with van der Waals surface area (Å²) in [6, 6.07) is 11.0. The summed E-state index contributed by atoms with van der Waals surface area (Å²) in [5.74, 6) is 0.481. The van der Waals surface area contributed by atoms with Crippen LogP contribution in [0.4, 0.5) is 11.4 Å². The molecule has 0 aliphatic carbocycles. The second-order valence-corrected chi connectivity index (χ2v) is 7.93. The van der Waals surface area contributed by atoms with E-state index in [4.69, 9.17) is 4.74 Å². The van der Waals surface area contributed by atoms with Gasteiger partial charge in [-0.05, 0) is 42.5 Å². The Labute approximate surface area is 155 Å². The molecule has 3 aromatic rings. The van der Waals surface area contributed by atoms with E-state index in [1.807, 2.05) is 0 Å². The minimum atomic E-state index is -3.36. The van der Waals surface area contributed by atoms with Crippen molar-refractivity contribution in [2.75, 3.05) is 30.1 Å². The van der Waals surface area contributed by atoms with Gasteiger partial charge in [0.2, 0.25) is 20.9 Å². The molecule has 0 amide bonds. The van der Waals surface area contributed by atoms with Gasteiger partial charge in [-0.15, -0.1) is 0 Å². The Morgan fingerprint density at radius 2 is 1.63 bits per heavy atom. The molecule has 0 bridgehead atoms. The number of benzene rings is 2. The minimum absolute atomic E-state index is 0.212. The van der Waals surface area contributed by atoms with E-state index in [0.29, 0.717) is 17.1 Å². The maximum Gasteiger partial charge on any atom is 0.231 e. The molecule has 27 heavy (non-hydrogen) atoms. The van der Waals surface area contributed by atoms with Gasteiger partial charge in [0.15, 0.2) is 5.36 Å². The van der Waals surface area contributed by atoms with Crippen LogP contribution in [-0.2, 0) is 10.0 Å². The zero-order chi connectivity index (χ0) is 19.8. The van der Waals surface area contributed by atoms with Crippen molar-refractivity contribution in [2.45, 2.75) is 0 Å². The molecule has 0 atom stereocenters. The van der Waals surface area contributed by atoms with Gasteiger partial charge >= 0.3 is 0 Å². The van der Waals surface area contributed by atoms with Crippen molar-refractivity contribution in [1.82, 2.24) is 0 Å². The van der Waals surface area contributed by atoms with Gasteiger partial charge in [-0.3, -0.25) is 19.3 Å². The summed E-state index contributed by atoms with van der Waals surface area (Å²) >= 11 is 0. The van der Waals surface area contributed by atoms with Crippen LogP contribution in [0.15, 0.2) is 57.2 Å². The first-order chi connectivity index (χ1) is 12.7. The van der Waals surface area contributed by atoms with Crippen molar-refractivity contribution in [3.05, 3.63) is 68.3 Å². The quantitative estimate of drug-likeness (QED) is 0.649. The third-order valence-corrected chi connectivity index (χ3v) is 5.38. The molecule has 0 saturated carbocycles. The van der Waals surface area contributed by atoms with E-state index in [-0.39, 0.29) is 16.1 Å². The molecule has 9 heteroatoms. The fourth-order valence-corrected chi connectivity index (χ4v) is 3.06. The van der Waals surface area contributed by atoms with Crippen molar-refractivity contribution >= 4 is 32.2 Å². The molecule has 0 aliphatic rings. The van der Waals surface area contributed by atoms with Crippen molar-refractivity contribution < 1.29 is 13.2 Å². The van der Waals surface area contributed by atoms with Gasteiger partial charge in [0.25, 0.3) is 0 Å². The molecule has 3 rings (SSSR count). The number of fused-ring (bicyclic) bond motifs is 1. The fraction of sp³-hybridized carbons (Fsp3) is 0.167. The van der Waals surface area contributed by atoms with E-state index in [9.17, 15) is 18.0 Å². The van der Waals surface area contributed by atoms with Gasteiger partial charge in [-0.2, -0.15) is 5.10 Å². The lowest BCUT2D eigenvalue weighted by Gasteiger charge is -2.16. The summed E-state index contributed by atoms with van der Waals surface area (Å²) in [4.78, 5) is 24.8. The van der Waals surface area contributed by atoms with Gasteiger partial charge in [-0.25, -0.2) is 8.42 Å². The van der Waals surface area contributed by atoms with Crippen molar-refractivity contribution in [2.24, 2.45) is 5.10 Å². The van der Waals surface area contributed by atoms with E-state index in [1.165, 1.54) is 26.3 Å². The molecular weight excluding hydrogens is 370 g/mol. The van der Waals surface area contributed by atoms with E-state index in [0.717, 1.165) is 10.6 Å². The minimum Gasteiger partial charge on any atom is -0.497 e. The van der Waals surface area contributed by atoms with Crippen LogP contribution in [0.2, 0.25) is 0 Å². The molecule has 140 valence electrons. The second-order valence-electron chi connectivity index (χ2n) is 5.92. The topological polar surface area (TPSA) is 105 Å². The Balaban J connectivity index is 1.95. The first-order valence-electron chi connectivity index (χ1n) is 7.87. The molecule has 0 spiro atoms. The Morgan fingerprint density at radius 1 is 1.00 bits per heavy atom. The fourth-order valence-electron chi connectivity index (χ4n) is 2.55. The number of nitrogens with one attached hydrogen (secondary N) is 1. The van der Waals surface area contributed by atoms with Gasteiger partial charge in [-0.1, -0.05) is 0 Å². The van der Waals surface area contributed by atoms with Crippen molar-refractivity contribution in [1.29, 1.82) is 0 Å². The van der Waals surface area contributed by atoms with Crippen molar-refractivity contribution in [3.63, 3.8) is 0 Å². The Bertz CT molecular complexity index is 1260. The molecule has 8 nitrogen and oxygen atoms in total. The Kier molecular flexibility index (Phi) is 4.71. The van der Waals surface area contributed by atoms with Gasteiger partial charge < -0.3 is 4.74 Å². The molecule has 0 radical (unpaired) electrons. The number of ether oxygens (including phenoxy) is 1. The van der Waals surface area contributed by atoms with Crippen LogP contribution >= 0.6 is 0 Å². The standard InChI is InChI=1S/C18H17N3O5S/c1-21(27(3,24)25)12-6-4-11(5-7-12)19-20-16-17(22)14-9-8-13(26-2)10-15(14)18(16)23/h4-10,19H,1-3H3. The molecular formula is C18H17N3O5S. The number of hydrogen-bond acceptors (Lipinski definition) is 7. The summed E-state index contributed by atoms with van der Waals surface area (Å²) in [6.07, 6.45) is 1.11. The number of methoxy groups -OCH3 is 1. The average molecular weight is 387 g/mol. The molecule has 3 aromatic carbocycles. The third-order valence-electron chi connectivity index (χ3n) is 4.17. The molecule has 0 saturated heterocycles. The smallest absolute Gasteiger partial charge is 0.231 e. The highest BCUT2D eigenvalue weighted by Gasteiger charge is 2.13. The number of rotatable bonds is 5. The number of sulfonamides is 1. The molecule has 1 N–H and O–H groups in total. The van der Waals surface area contributed by atoms with E-state index in [1.54, 1.807) is 30.3 Å². The average Bonchev–Trinajstić information content (AvgIpc) is 2.89. The summed E-state index contributed by atoms with van der Waals surface area (Å²) in [7, 11) is -0.439. The molecule has 0 heterocycles. The molecule has 0 aliphatic heterocycles. The summed E-state index contributed by atoms with van der Waals surface area (Å²) in [5, 5.41) is 4.27. The number of hydrogen-bond donors (Lipinski definition) is 1. The van der Waals surface area contributed by atoms with Crippen LogP contribution in [0.5, 0.6) is 5.75 Å². The number of anilines is 2. The number of nitrogens with zero attached hydrogens (tertiary/aromatic N) is 2. The van der Waals surface area contributed by atoms with Crippen LogP contribution in [0.25, 0.3) is 10.8 Å². The Morgan fingerprint density at radius 3 is 2.22 bits per heavy atom. The highest BCUT2D eigenvalue weighted by Crippen LogP contribution is 2.18. The monoisotopic (exact) mass is 387 g/mol. The SMILES string of the molecule is COc1ccc2c(=O)c(=NNc3ccc(N(C)S(C)(=O)=O)cc3)c(=O)c2c1. The van der Waals surface area contributed by atoms with Crippen molar-refractivity contribution in [3.8, 4) is 5.75 Å². The van der Waals surface area contributed by atoms with Crippen LogP contribution in [-0.4, -0.2) is 28.8 Å². The summed E-state index contributed by atoms with van der Waals surface area (Å²) < 4.78 is 29.3. The summed E-state index contributed by atoms with van der Waals surface area (Å²) in [6.45, 7) is 0. The molecule has 0 fully saturated rings. The Hall–Kier alpha value is -3.20. The molecule has 0 aromatic heterocycles. The zero-order valence-electron chi connectivity index (χ0n) is 14.9. The largest absolute Gasteiger partial charge is 0.497 e. The third kappa shape index (κ3) is 3.54. The highest BCUT2D eigenvalue weighted by atomic mass is 32.2. The van der Waals surface area contributed by atoms with Gasteiger partial charge in [0.05, 0.1) is 24.7 Å². The van der Waals surface area contributed by atoms with E-state index >= 15 is 0 Å². The second kappa shape index (κ2) is 6.84. The van der Waals surface area contributed by atoms with Crippen LogP contribution < -0.4 is 30.7 Å². The highest BCUT2D eigenvalue weighted by molar-refractivity contribution is 7.92. The lowest BCUT2D eigenvalue weighted by molar-refractivity contribution is 0.415.